The van der Waals surface area contributed by atoms with E-state index in [1.165, 1.54) is 19.9 Å². The maximum atomic E-state index is 13.8. The van der Waals surface area contributed by atoms with Crippen molar-refractivity contribution in [2.45, 2.75) is 157 Å². The molecule has 370 valence electrons. The van der Waals surface area contributed by atoms with Crippen molar-refractivity contribution < 1.29 is 49.3 Å². The first-order valence-electron chi connectivity index (χ1n) is 23.6. The van der Waals surface area contributed by atoms with Gasteiger partial charge in [-0.3, -0.25) is 14.5 Å². The molecular formula is C51H72ClN3O10S2. The van der Waals surface area contributed by atoms with Crippen LogP contribution < -0.4 is 5.32 Å². The van der Waals surface area contributed by atoms with Crippen molar-refractivity contribution in [1.29, 1.82) is 0 Å². The number of fused-ring (bicyclic) bond motifs is 5. The number of carbonyl (C=O) groups is 2. The summed E-state index contributed by atoms with van der Waals surface area (Å²) >= 11 is 9.72. The molecule has 2 aromatic carbocycles. The van der Waals surface area contributed by atoms with Gasteiger partial charge >= 0.3 is 5.97 Å². The van der Waals surface area contributed by atoms with E-state index >= 15 is 0 Å². The number of amides is 1. The molecule has 6 rings (SSSR count). The van der Waals surface area contributed by atoms with Crippen molar-refractivity contribution in [3.05, 3.63) is 64.5 Å². The number of ether oxygens (including phenoxy) is 3. The number of carbonyl (C=O) groups excluding carboxylic acids is 2. The molecule has 0 bridgehead atoms. The Morgan fingerprint density at radius 2 is 1.72 bits per heavy atom. The second-order valence-electron chi connectivity index (χ2n) is 19.8. The fourth-order valence-corrected chi connectivity index (χ4v) is 12.7. The smallest absolute Gasteiger partial charge is 0.311 e. The monoisotopic (exact) mass is 985 g/mol. The zero-order valence-corrected chi connectivity index (χ0v) is 42.9. The Morgan fingerprint density at radius 3 is 2.42 bits per heavy atom. The fraction of sp³-hybridized carbons (Fsp3) is 0.608. The van der Waals surface area contributed by atoms with Crippen LogP contribution in [0.15, 0.2) is 64.4 Å². The van der Waals surface area contributed by atoms with Crippen molar-refractivity contribution in [2.24, 2.45) is 17.8 Å². The van der Waals surface area contributed by atoms with E-state index in [1.54, 1.807) is 50.8 Å². The largest absolute Gasteiger partial charge is 0.459 e. The lowest BCUT2D eigenvalue weighted by atomic mass is 9.78. The van der Waals surface area contributed by atoms with Gasteiger partial charge in [0.05, 0.1) is 29.8 Å². The first-order chi connectivity index (χ1) is 31.5. The summed E-state index contributed by atoms with van der Waals surface area (Å²) in [7, 11) is 3.74. The standard InChI is InChI=1S/C51H72ClN3O10S2/c1-11-41-51(8,62)46(59)32(6)55(22-14-21-53-42(56)20-18-34-25-37-35-15-12-13-16-39(35)67-40-24-33(52)17-19-36(40)45(37)66-34)27-28(2)26-50(7,61)47(30(4)43(57)31(5)48(60)64-41)65-49-44(58)38(54(9)10)23-29(3)63-49/h12-13,15-20,24-25,28-32,38,41,43-44,46-47,49,57-59,61-62H,11,14,21-23,26-27H2,1-10H3,(H,53,56)/t28-,29-,30+,31-,32-,38+,41-,43+,44-,46-,47-,49+,50-,51-/m1/s1. The Hall–Kier alpha value is -2.90. The van der Waals surface area contributed by atoms with Crippen LogP contribution in [-0.4, -0.2) is 147 Å². The van der Waals surface area contributed by atoms with Gasteiger partial charge in [0, 0.05) is 79.4 Å². The number of cyclic esters (lactones) is 1. The molecule has 3 aromatic rings. The molecule has 16 heteroatoms. The van der Waals surface area contributed by atoms with E-state index < -0.39 is 71.9 Å². The maximum absolute atomic E-state index is 13.8. The highest BCUT2D eigenvalue weighted by molar-refractivity contribution is 7.99. The second kappa shape index (κ2) is 22.5. The number of benzene rings is 2. The molecule has 0 radical (unpaired) electrons. The lowest BCUT2D eigenvalue weighted by Gasteiger charge is -2.46. The van der Waals surface area contributed by atoms with Crippen LogP contribution in [0.25, 0.3) is 27.6 Å². The Kier molecular flexibility index (Phi) is 17.9. The molecule has 6 N–H and O–H groups in total. The number of halogens is 1. The Balaban J connectivity index is 1.19. The summed E-state index contributed by atoms with van der Waals surface area (Å²) in [6, 6.07) is 15.4. The molecule has 2 saturated heterocycles. The topological polar surface area (TPSA) is 181 Å². The third-order valence-corrected chi connectivity index (χ3v) is 16.5. The minimum atomic E-state index is -1.89. The Morgan fingerprint density at radius 1 is 1.00 bits per heavy atom. The van der Waals surface area contributed by atoms with Gasteiger partial charge in [0.2, 0.25) is 5.91 Å². The van der Waals surface area contributed by atoms with Crippen LogP contribution in [0, 0.1) is 17.8 Å². The summed E-state index contributed by atoms with van der Waals surface area (Å²) < 4.78 is 18.6. The number of aliphatic hydroxyl groups excluding tert-OH is 3. The number of thiophene rings is 1. The van der Waals surface area contributed by atoms with Crippen LogP contribution in [0.4, 0.5) is 0 Å². The van der Waals surface area contributed by atoms with Gasteiger partial charge in [-0.05, 0) is 116 Å². The van der Waals surface area contributed by atoms with Crippen molar-refractivity contribution in [3.63, 3.8) is 0 Å². The summed E-state index contributed by atoms with van der Waals surface area (Å²) in [6.45, 7) is 14.8. The van der Waals surface area contributed by atoms with Crippen molar-refractivity contribution in [3.8, 4) is 21.6 Å². The van der Waals surface area contributed by atoms with Gasteiger partial charge in [-0.2, -0.15) is 0 Å². The van der Waals surface area contributed by atoms with Crippen LogP contribution in [0.2, 0.25) is 5.02 Å². The second-order valence-corrected chi connectivity index (χ2v) is 22.4. The molecule has 0 aliphatic carbocycles. The molecule has 3 aliphatic rings. The van der Waals surface area contributed by atoms with E-state index in [9.17, 15) is 35.1 Å². The third kappa shape index (κ3) is 12.4. The molecule has 1 aromatic heterocycles. The summed E-state index contributed by atoms with van der Waals surface area (Å²) in [5.41, 5.74) is -0.178. The molecule has 2 fully saturated rings. The van der Waals surface area contributed by atoms with Gasteiger partial charge in [0.15, 0.2) is 6.29 Å². The van der Waals surface area contributed by atoms with Crippen LogP contribution in [-0.2, 0) is 23.8 Å². The predicted octanol–water partition coefficient (Wildman–Crippen LogP) is 7.08. The quantitative estimate of drug-likeness (QED) is 0.0540. The average molecular weight is 987 g/mol. The van der Waals surface area contributed by atoms with E-state index in [-0.39, 0.29) is 36.8 Å². The lowest BCUT2D eigenvalue weighted by Crippen LogP contribution is -2.59. The van der Waals surface area contributed by atoms with E-state index in [4.69, 9.17) is 25.8 Å². The van der Waals surface area contributed by atoms with Gasteiger partial charge < -0.3 is 50.0 Å². The predicted molar refractivity (Wildman–Crippen MR) is 265 cm³/mol. The Labute approximate surface area is 409 Å². The van der Waals surface area contributed by atoms with Crippen molar-refractivity contribution in [1.82, 2.24) is 15.1 Å². The average Bonchev–Trinajstić information content (AvgIpc) is 3.65. The normalized spacial score (nSPS) is 34.6. The third-order valence-electron chi connectivity index (χ3n) is 13.9. The van der Waals surface area contributed by atoms with Gasteiger partial charge in [-0.15, -0.1) is 11.3 Å². The Bertz CT molecular complexity index is 2200. The fourth-order valence-electron chi connectivity index (χ4n) is 10.2. The molecule has 0 saturated carbocycles. The number of rotatable bonds is 10. The van der Waals surface area contributed by atoms with Gasteiger partial charge in [-0.1, -0.05) is 68.4 Å². The molecular weight excluding hydrogens is 914 g/mol. The number of nitrogens with zero attached hydrogens (tertiary/aromatic N) is 2. The minimum absolute atomic E-state index is 0.160. The number of esters is 1. The number of likely N-dealkylation sites (N-methyl/N-ethyl adjacent to an activating group) is 1. The summed E-state index contributed by atoms with van der Waals surface area (Å²) in [5, 5.41) is 63.2. The van der Waals surface area contributed by atoms with E-state index in [0.717, 1.165) is 36.2 Å². The van der Waals surface area contributed by atoms with Gasteiger partial charge in [-0.25, -0.2) is 0 Å². The van der Waals surface area contributed by atoms with Gasteiger partial charge in [0.1, 0.15) is 23.9 Å². The van der Waals surface area contributed by atoms with E-state index in [0.29, 0.717) is 37.5 Å². The molecule has 3 aliphatic heterocycles. The van der Waals surface area contributed by atoms with E-state index in [1.807, 2.05) is 74.2 Å². The van der Waals surface area contributed by atoms with Crippen molar-refractivity contribution in [2.75, 3.05) is 33.7 Å². The molecule has 0 unspecified atom stereocenters. The van der Waals surface area contributed by atoms with Gasteiger partial charge in [0.25, 0.3) is 0 Å². The first-order valence-corrected chi connectivity index (χ1v) is 25.6. The lowest BCUT2D eigenvalue weighted by molar-refractivity contribution is -0.299. The number of nitrogens with one attached hydrogen (secondary N) is 1. The van der Waals surface area contributed by atoms with Crippen LogP contribution in [0.5, 0.6) is 0 Å². The molecule has 14 atom stereocenters. The van der Waals surface area contributed by atoms with Crippen LogP contribution >= 0.6 is 34.7 Å². The molecule has 1 amide bonds. The summed E-state index contributed by atoms with van der Waals surface area (Å²) in [6.07, 6.45) is -2.69. The van der Waals surface area contributed by atoms with Crippen LogP contribution in [0.1, 0.15) is 86.0 Å². The maximum Gasteiger partial charge on any atom is 0.311 e. The zero-order valence-electron chi connectivity index (χ0n) is 40.5. The highest BCUT2D eigenvalue weighted by Gasteiger charge is 2.50. The van der Waals surface area contributed by atoms with Crippen LogP contribution in [0.3, 0.4) is 0 Å². The van der Waals surface area contributed by atoms with E-state index in [2.05, 4.69) is 23.5 Å². The highest BCUT2D eigenvalue weighted by Crippen LogP contribution is 2.51. The summed E-state index contributed by atoms with van der Waals surface area (Å²) in [4.78, 5) is 35.2. The number of aliphatic hydroxyl groups is 5. The molecule has 67 heavy (non-hydrogen) atoms. The summed E-state index contributed by atoms with van der Waals surface area (Å²) in [5.74, 6) is -3.25. The zero-order chi connectivity index (χ0) is 49.1. The molecule has 13 nitrogen and oxygen atoms in total. The van der Waals surface area contributed by atoms with Crippen molar-refractivity contribution >= 4 is 52.7 Å². The number of hydrogen-bond donors (Lipinski definition) is 6. The highest BCUT2D eigenvalue weighted by atomic mass is 35.5. The minimum Gasteiger partial charge on any atom is -0.459 e. The number of hydrogen-bond acceptors (Lipinski definition) is 14. The first kappa shape index (κ1) is 53.5. The molecule has 4 heterocycles. The SMILES string of the molecule is CC[C@H]1OC(=O)[C@H](C)[C@@H](O)[C@H](C)[C@@H](O[C@@H]2O[C@H](C)C[C@H](N(C)C)[C@H]2O)[C@](C)(O)C[C@@H](C)CN(CCCNC(=O)C=Cc2cc3c(s2)-c2ccc(Cl)cc2Sc2ccccc2-3)[C@H](C)[C@@H](O)[C@]1(C)O. The molecule has 0 spiro atoms.